The maximum Gasteiger partial charge on any atom is 0.303 e. The molecule has 0 saturated carbocycles. The zero-order valence-electron chi connectivity index (χ0n) is 10.9. The van der Waals surface area contributed by atoms with Crippen LogP contribution in [0.4, 0.5) is 5.69 Å². The molecule has 0 spiro atoms. The molecule has 0 aromatic heterocycles. The van der Waals surface area contributed by atoms with Crippen LogP contribution in [0.2, 0.25) is 0 Å². The number of carbonyl (C=O) groups is 1. The molecule has 0 bridgehead atoms. The summed E-state index contributed by atoms with van der Waals surface area (Å²) in [6.07, 6.45) is 4.47. The SMILES string of the molecule is CCCC[C@@H](CC(=O)O)c1ccc2c(c1)CCN2. The van der Waals surface area contributed by atoms with Crippen LogP contribution in [0.15, 0.2) is 18.2 Å². The number of anilines is 1. The number of carboxylic acid groups (broad SMARTS) is 1. The molecular weight excluding hydrogens is 226 g/mol. The normalized spacial score (nSPS) is 14.9. The highest BCUT2D eigenvalue weighted by atomic mass is 16.4. The minimum Gasteiger partial charge on any atom is -0.481 e. The van der Waals surface area contributed by atoms with Crippen LogP contribution in [0.5, 0.6) is 0 Å². The van der Waals surface area contributed by atoms with Crippen LogP contribution >= 0.6 is 0 Å². The van der Waals surface area contributed by atoms with Crippen molar-refractivity contribution >= 4 is 11.7 Å². The zero-order chi connectivity index (χ0) is 13.0. The van der Waals surface area contributed by atoms with E-state index < -0.39 is 5.97 Å². The number of fused-ring (bicyclic) bond motifs is 1. The zero-order valence-corrected chi connectivity index (χ0v) is 10.9. The second-order valence-corrected chi connectivity index (χ2v) is 5.03. The Morgan fingerprint density at radius 1 is 1.50 bits per heavy atom. The largest absolute Gasteiger partial charge is 0.481 e. The van der Waals surface area contributed by atoms with E-state index in [2.05, 4.69) is 30.4 Å². The fourth-order valence-electron chi connectivity index (χ4n) is 2.63. The molecule has 3 heteroatoms. The highest BCUT2D eigenvalue weighted by Gasteiger charge is 2.18. The van der Waals surface area contributed by atoms with Gasteiger partial charge in [-0.2, -0.15) is 0 Å². The lowest BCUT2D eigenvalue weighted by Crippen LogP contribution is -2.07. The fraction of sp³-hybridized carbons (Fsp3) is 0.533. The molecule has 98 valence electrons. The Labute approximate surface area is 108 Å². The molecule has 0 fully saturated rings. The van der Waals surface area contributed by atoms with Gasteiger partial charge in [-0.15, -0.1) is 0 Å². The summed E-state index contributed by atoms with van der Waals surface area (Å²) in [6.45, 7) is 3.14. The monoisotopic (exact) mass is 247 g/mol. The van der Waals surface area contributed by atoms with E-state index >= 15 is 0 Å². The molecule has 0 radical (unpaired) electrons. The molecule has 0 aliphatic carbocycles. The van der Waals surface area contributed by atoms with Crippen molar-refractivity contribution in [1.29, 1.82) is 0 Å². The first-order valence-corrected chi connectivity index (χ1v) is 6.79. The molecule has 0 amide bonds. The molecule has 1 aromatic rings. The smallest absolute Gasteiger partial charge is 0.303 e. The van der Waals surface area contributed by atoms with Crippen LogP contribution < -0.4 is 5.32 Å². The Morgan fingerprint density at radius 2 is 2.33 bits per heavy atom. The third-order valence-corrected chi connectivity index (χ3v) is 3.64. The van der Waals surface area contributed by atoms with Crippen molar-refractivity contribution in [1.82, 2.24) is 0 Å². The maximum atomic E-state index is 11.0. The molecule has 2 rings (SSSR count). The van der Waals surface area contributed by atoms with Gasteiger partial charge in [0.25, 0.3) is 0 Å². The number of nitrogens with one attached hydrogen (secondary N) is 1. The summed E-state index contributed by atoms with van der Waals surface area (Å²) in [5, 5.41) is 12.4. The third-order valence-electron chi connectivity index (χ3n) is 3.64. The molecule has 2 N–H and O–H groups in total. The predicted molar refractivity (Wildman–Crippen MR) is 73.2 cm³/mol. The minimum absolute atomic E-state index is 0.161. The number of hydrogen-bond donors (Lipinski definition) is 2. The summed E-state index contributed by atoms with van der Waals surface area (Å²) in [5.41, 5.74) is 3.73. The predicted octanol–water partition coefficient (Wildman–Crippen LogP) is 3.40. The van der Waals surface area contributed by atoms with Crippen LogP contribution in [0, 0.1) is 0 Å². The highest BCUT2D eigenvalue weighted by molar-refractivity contribution is 5.68. The number of aliphatic carboxylic acids is 1. The van der Waals surface area contributed by atoms with Crippen LogP contribution in [0.3, 0.4) is 0 Å². The van der Waals surface area contributed by atoms with E-state index in [-0.39, 0.29) is 12.3 Å². The van der Waals surface area contributed by atoms with Crippen molar-refractivity contribution in [2.75, 3.05) is 11.9 Å². The van der Waals surface area contributed by atoms with Crippen molar-refractivity contribution in [3.63, 3.8) is 0 Å². The van der Waals surface area contributed by atoms with Gasteiger partial charge in [0.05, 0.1) is 6.42 Å². The summed E-state index contributed by atoms with van der Waals surface area (Å²) in [5.74, 6) is -0.539. The Bertz CT molecular complexity index is 429. The molecule has 3 nitrogen and oxygen atoms in total. The minimum atomic E-state index is -0.699. The molecule has 1 heterocycles. The first-order chi connectivity index (χ1) is 8.70. The van der Waals surface area contributed by atoms with Crippen LogP contribution in [-0.4, -0.2) is 17.6 Å². The van der Waals surface area contributed by atoms with Gasteiger partial charge >= 0.3 is 5.97 Å². The number of benzene rings is 1. The quantitative estimate of drug-likeness (QED) is 0.810. The molecule has 1 atom stereocenters. The van der Waals surface area contributed by atoms with Crippen molar-refractivity contribution in [3.05, 3.63) is 29.3 Å². The lowest BCUT2D eigenvalue weighted by atomic mass is 9.89. The second-order valence-electron chi connectivity index (χ2n) is 5.03. The van der Waals surface area contributed by atoms with Crippen molar-refractivity contribution < 1.29 is 9.90 Å². The van der Waals surface area contributed by atoms with Crippen molar-refractivity contribution in [2.45, 2.75) is 44.9 Å². The second kappa shape index (κ2) is 5.89. The first kappa shape index (κ1) is 12.9. The summed E-state index contributed by atoms with van der Waals surface area (Å²) >= 11 is 0. The fourth-order valence-corrected chi connectivity index (χ4v) is 2.63. The van der Waals surface area contributed by atoms with Gasteiger partial charge in [0.2, 0.25) is 0 Å². The van der Waals surface area contributed by atoms with E-state index in [0.29, 0.717) is 0 Å². The summed E-state index contributed by atoms with van der Waals surface area (Å²) < 4.78 is 0. The van der Waals surface area contributed by atoms with Gasteiger partial charge in [-0.25, -0.2) is 0 Å². The highest BCUT2D eigenvalue weighted by Crippen LogP contribution is 2.31. The summed E-state index contributed by atoms with van der Waals surface area (Å²) in [7, 11) is 0. The Kier molecular flexibility index (Phi) is 4.24. The lowest BCUT2D eigenvalue weighted by Gasteiger charge is -2.16. The van der Waals surface area contributed by atoms with Gasteiger partial charge < -0.3 is 10.4 Å². The van der Waals surface area contributed by atoms with Gasteiger partial charge in [-0.1, -0.05) is 31.9 Å². The van der Waals surface area contributed by atoms with Gasteiger partial charge in [-0.05, 0) is 36.0 Å². The van der Waals surface area contributed by atoms with Gasteiger partial charge in [0.1, 0.15) is 0 Å². The Hall–Kier alpha value is -1.51. The number of rotatable bonds is 6. The van der Waals surface area contributed by atoms with E-state index in [1.807, 2.05) is 0 Å². The molecular formula is C15H21NO2. The molecule has 0 saturated heterocycles. The van der Waals surface area contributed by atoms with Gasteiger partial charge in [0.15, 0.2) is 0 Å². The Morgan fingerprint density at radius 3 is 3.06 bits per heavy atom. The lowest BCUT2D eigenvalue weighted by molar-refractivity contribution is -0.137. The average Bonchev–Trinajstić information content (AvgIpc) is 2.81. The van der Waals surface area contributed by atoms with Crippen LogP contribution in [0.25, 0.3) is 0 Å². The van der Waals surface area contributed by atoms with Gasteiger partial charge in [-0.3, -0.25) is 4.79 Å². The van der Waals surface area contributed by atoms with E-state index in [0.717, 1.165) is 32.2 Å². The van der Waals surface area contributed by atoms with E-state index in [9.17, 15) is 4.79 Å². The Balaban J connectivity index is 2.15. The van der Waals surface area contributed by atoms with Crippen molar-refractivity contribution in [3.8, 4) is 0 Å². The van der Waals surface area contributed by atoms with E-state index in [4.69, 9.17) is 5.11 Å². The summed E-state index contributed by atoms with van der Waals surface area (Å²) in [4.78, 5) is 11.0. The molecule has 1 aliphatic heterocycles. The van der Waals surface area contributed by atoms with Crippen LogP contribution in [0.1, 0.15) is 49.7 Å². The van der Waals surface area contributed by atoms with E-state index in [1.165, 1.54) is 16.8 Å². The third kappa shape index (κ3) is 3.03. The molecule has 1 aromatic carbocycles. The molecule has 1 aliphatic rings. The number of carboxylic acids is 1. The topological polar surface area (TPSA) is 49.3 Å². The van der Waals surface area contributed by atoms with Crippen LogP contribution in [-0.2, 0) is 11.2 Å². The summed E-state index contributed by atoms with van der Waals surface area (Å²) in [6, 6.07) is 6.37. The van der Waals surface area contributed by atoms with Gasteiger partial charge in [0, 0.05) is 12.2 Å². The molecule has 18 heavy (non-hydrogen) atoms. The number of unbranched alkanes of at least 4 members (excludes halogenated alkanes) is 1. The standard InChI is InChI=1S/C15H21NO2/c1-2-3-4-11(10-15(17)18)12-5-6-14-13(9-12)7-8-16-14/h5-6,9,11,16H,2-4,7-8,10H2,1H3,(H,17,18)/t11-/m0/s1. The average molecular weight is 247 g/mol. The van der Waals surface area contributed by atoms with E-state index in [1.54, 1.807) is 0 Å². The maximum absolute atomic E-state index is 11.0. The number of hydrogen-bond acceptors (Lipinski definition) is 2. The molecule has 0 unspecified atom stereocenters. The first-order valence-electron chi connectivity index (χ1n) is 6.79. The van der Waals surface area contributed by atoms with Crippen molar-refractivity contribution in [2.24, 2.45) is 0 Å².